The molecule has 0 bridgehead atoms. The molecule has 0 aliphatic heterocycles. The molecule has 1 aromatic carbocycles. The number of anilines is 2. The summed E-state index contributed by atoms with van der Waals surface area (Å²) in [5.74, 6) is 0.322. The Kier molecular flexibility index (Phi) is 5.83. The van der Waals surface area contributed by atoms with Gasteiger partial charge in [-0.2, -0.15) is 0 Å². The lowest BCUT2D eigenvalue weighted by Crippen LogP contribution is -2.19. The molecule has 0 saturated heterocycles. The zero-order valence-electron chi connectivity index (χ0n) is 14.7. The molecular weight excluding hydrogens is 322 g/mol. The first-order valence-corrected chi connectivity index (χ1v) is 9.59. The minimum atomic E-state index is -3.63. The number of sulfonamides is 1. The molecule has 0 fully saturated rings. The van der Waals surface area contributed by atoms with Crippen molar-refractivity contribution in [3.8, 4) is 0 Å². The van der Waals surface area contributed by atoms with E-state index in [-0.39, 0.29) is 4.90 Å². The van der Waals surface area contributed by atoms with Crippen LogP contribution < -0.4 is 9.62 Å². The standard InChI is InChI=1S/C18H25N3O2S/c1-5-6-11-21(4)16-8-10-18(19-13-16)20-24(22,23)17-9-7-14(2)12-15(17)3/h7-10,12-13H,5-6,11H2,1-4H3,(H,19,20). The summed E-state index contributed by atoms with van der Waals surface area (Å²) in [7, 11) is -1.63. The summed E-state index contributed by atoms with van der Waals surface area (Å²) in [5.41, 5.74) is 2.72. The second kappa shape index (κ2) is 7.66. The molecule has 0 saturated carbocycles. The van der Waals surface area contributed by atoms with E-state index in [1.807, 2.05) is 26.1 Å². The molecule has 0 amide bonds. The Morgan fingerprint density at radius 3 is 2.50 bits per heavy atom. The molecule has 130 valence electrons. The predicted molar refractivity (Wildman–Crippen MR) is 99.1 cm³/mol. The van der Waals surface area contributed by atoms with E-state index in [0.717, 1.165) is 36.2 Å². The molecule has 0 spiro atoms. The van der Waals surface area contributed by atoms with E-state index in [0.29, 0.717) is 5.82 Å². The van der Waals surface area contributed by atoms with E-state index in [4.69, 9.17) is 0 Å². The van der Waals surface area contributed by atoms with Gasteiger partial charge in [0.15, 0.2) is 0 Å². The lowest BCUT2D eigenvalue weighted by atomic mass is 10.2. The summed E-state index contributed by atoms with van der Waals surface area (Å²) >= 11 is 0. The van der Waals surface area contributed by atoms with Gasteiger partial charge in [0.2, 0.25) is 0 Å². The van der Waals surface area contributed by atoms with Gasteiger partial charge >= 0.3 is 0 Å². The van der Waals surface area contributed by atoms with Crippen LogP contribution in [0.3, 0.4) is 0 Å². The Morgan fingerprint density at radius 1 is 1.17 bits per heavy atom. The van der Waals surface area contributed by atoms with Crippen LogP contribution in [0.25, 0.3) is 0 Å². The van der Waals surface area contributed by atoms with Gasteiger partial charge in [-0.3, -0.25) is 4.72 Å². The van der Waals surface area contributed by atoms with Crippen LogP contribution in [-0.4, -0.2) is 27.0 Å². The van der Waals surface area contributed by atoms with Gasteiger partial charge in [0.25, 0.3) is 10.0 Å². The molecule has 0 atom stereocenters. The number of aromatic nitrogens is 1. The number of hydrogen-bond donors (Lipinski definition) is 1. The smallest absolute Gasteiger partial charge is 0.263 e. The van der Waals surface area contributed by atoms with Gasteiger partial charge in [0.05, 0.1) is 16.8 Å². The van der Waals surface area contributed by atoms with Crippen molar-refractivity contribution in [2.75, 3.05) is 23.2 Å². The lowest BCUT2D eigenvalue weighted by molar-refractivity contribution is 0.600. The van der Waals surface area contributed by atoms with Gasteiger partial charge in [-0.15, -0.1) is 0 Å². The molecule has 1 aromatic heterocycles. The Balaban J connectivity index is 2.15. The van der Waals surface area contributed by atoms with Gasteiger partial charge in [0.1, 0.15) is 5.82 Å². The van der Waals surface area contributed by atoms with Crippen molar-refractivity contribution in [2.24, 2.45) is 0 Å². The topological polar surface area (TPSA) is 62.3 Å². The van der Waals surface area contributed by atoms with Crippen molar-refractivity contribution >= 4 is 21.5 Å². The highest BCUT2D eigenvalue weighted by Gasteiger charge is 2.17. The Bertz CT molecular complexity index is 786. The second-order valence-electron chi connectivity index (χ2n) is 6.05. The molecule has 0 unspecified atom stereocenters. The summed E-state index contributed by atoms with van der Waals surface area (Å²) in [6, 6.07) is 8.84. The molecular formula is C18H25N3O2S. The number of benzene rings is 1. The fourth-order valence-corrected chi connectivity index (χ4v) is 3.73. The lowest BCUT2D eigenvalue weighted by Gasteiger charge is -2.18. The van der Waals surface area contributed by atoms with Crippen LogP contribution in [0, 0.1) is 13.8 Å². The van der Waals surface area contributed by atoms with Crippen molar-refractivity contribution in [2.45, 2.75) is 38.5 Å². The van der Waals surface area contributed by atoms with E-state index < -0.39 is 10.0 Å². The second-order valence-corrected chi connectivity index (χ2v) is 7.70. The Labute approximate surface area is 144 Å². The molecule has 0 radical (unpaired) electrons. The molecule has 1 heterocycles. The minimum Gasteiger partial charge on any atom is -0.373 e. The van der Waals surface area contributed by atoms with E-state index >= 15 is 0 Å². The van der Waals surface area contributed by atoms with E-state index in [9.17, 15) is 8.42 Å². The van der Waals surface area contributed by atoms with Gasteiger partial charge in [-0.05, 0) is 44.0 Å². The summed E-state index contributed by atoms with van der Waals surface area (Å²) in [6.45, 7) is 6.83. The number of nitrogens with zero attached hydrogens (tertiary/aromatic N) is 2. The number of aryl methyl sites for hydroxylation is 2. The zero-order valence-corrected chi connectivity index (χ0v) is 15.5. The first-order chi connectivity index (χ1) is 11.3. The maximum absolute atomic E-state index is 12.5. The highest BCUT2D eigenvalue weighted by molar-refractivity contribution is 7.92. The highest BCUT2D eigenvalue weighted by Crippen LogP contribution is 2.21. The number of unbranched alkanes of at least 4 members (excludes halogenated alkanes) is 1. The normalized spacial score (nSPS) is 11.3. The molecule has 0 aliphatic rings. The van der Waals surface area contributed by atoms with Crippen LogP contribution in [0.4, 0.5) is 11.5 Å². The van der Waals surface area contributed by atoms with Crippen LogP contribution in [0.5, 0.6) is 0 Å². The number of rotatable bonds is 7. The monoisotopic (exact) mass is 347 g/mol. The van der Waals surface area contributed by atoms with Crippen LogP contribution >= 0.6 is 0 Å². The molecule has 0 aliphatic carbocycles. The van der Waals surface area contributed by atoms with Crippen molar-refractivity contribution in [1.82, 2.24) is 4.98 Å². The average Bonchev–Trinajstić information content (AvgIpc) is 2.52. The average molecular weight is 347 g/mol. The van der Waals surface area contributed by atoms with Crippen molar-refractivity contribution in [3.63, 3.8) is 0 Å². The molecule has 24 heavy (non-hydrogen) atoms. The summed E-state index contributed by atoms with van der Waals surface area (Å²) in [5, 5.41) is 0. The third-order valence-electron chi connectivity index (χ3n) is 3.89. The molecule has 5 nitrogen and oxygen atoms in total. The first-order valence-electron chi connectivity index (χ1n) is 8.10. The highest BCUT2D eigenvalue weighted by atomic mass is 32.2. The molecule has 2 rings (SSSR count). The Morgan fingerprint density at radius 2 is 1.92 bits per heavy atom. The van der Waals surface area contributed by atoms with E-state index in [1.165, 1.54) is 0 Å². The van der Waals surface area contributed by atoms with Crippen molar-refractivity contribution in [1.29, 1.82) is 0 Å². The van der Waals surface area contributed by atoms with Crippen LogP contribution in [-0.2, 0) is 10.0 Å². The molecule has 1 N–H and O–H groups in total. The summed E-state index contributed by atoms with van der Waals surface area (Å²) < 4.78 is 27.6. The van der Waals surface area contributed by atoms with Gasteiger partial charge in [0, 0.05) is 13.6 Å². The van der Waals surface area contributed by atoms with Crippen LogP contribution in [0.1, 0.15) is 30.9 Å². The van der Waals surface area contributed by atoms with Gasteiger partial charge < -0.3 is 4.90 Å². The zero-order chi connectivity index (χ0) is 17.7. The maximum atomic E-state index is 12.5. The first kappa shape index (κ1) is 18.3. The Hall–Kier alpha value is -2.08. The van der Waals surface area contributed by atoms with E-state index in [1.54, 1.807) is 31.3 Å². The molecule has 6 heteroatoms. The van der Waals surface area contributed by atoms with Gasteiger partial charge in [-0.1, -0.05) is 31.0 Å². The minimum absolute atomic E-state index is 0.277. The van der Waals surface area contributed by atoms with Crippen molar-refractivity contribution in [3.05, 3.63) is 47.7 Å². The largest absolute Gasteiger partial charge is 0.373 e. The summed E-state index contributed by atoms with van der Waals surface area (Å²) in [4.78, 5) is 6.62. The number of nitrogens with one attached hydrogen (secondary N) is 1. The maximum Gasteiger partial charge on any atom is 0.263 e. The predicted octanol–water partition coefficient (Wildman–Crippen LogP) is 3.74. The third-order valence-corrected chi connectivity index (χ3v) is 5.41. The fourth-order valence-electron chi connectivity index (χ4n) is 2.49. The van der Waals surface area contributed by atoms with Crippen molar-refractivity contribution < 1.29 is 8.42 Å². The SMILES string of the molecule is CCCCN(C)c1ccc(NS(=O)(=O)c2ccc(C)cc2C)nc1. The molecule has 2 aromatic rings. The fraction of sp³-hybridized carbons (Fsp3) is 0.389. The van der Waals surface area contributed by atoms with E-state index in [2.05, 4.69) is 21.5 Å². The summed E-state index contributed by atoms with van der Waals surface area (Å²) in [6.07, 6.45) is 3.93. The quantitative estimate of drug-likeness (QED) is 0.829. The number of pyridine rings is 1. The van der Waals surface area contributed by atoms with Gasteiger partial charge in [-0.25, -0.2) is 13.4 Å². The number of hydrogen-bond acceptors (Lipinski definition) is 4. The van der Waals surface area contributed by atoms with Crippen LogP contribution in [0.2, 0.25) is 0 Å². The third kappa shape index (κ3) is 4.47. The van der Waals surface area contributed by atoms with Crippen LogP contribution in [0.15, 0.2) is 41.4 Å².